The molecule has 0 saturated carbocycles. The van der Waals surface area contributed by atoms with Crippen LogP contribution in [0.5, 0.6) is 11.5 Å². The van der Waals surface area contributed by atoms with Gasteiger partial charge >= 0.3 is 0 Å². The van der Waals surface area contributed by atoms with Crippen molar-refractivity contribution in [3.63, 3.8) is 0 Å². The molecule has 10 nitrogen and oxygen atoms in total. The van der Waals surface area contributed by atoms with E-state index in [1.54, 1.807) is 42.0 Å². The summed E-state index contributed by atoms with van der Waals surface area (Å²) in [4.78, 5) is 35.4. The number of nitrogens with one attached hydrogen (secondary N) is 1. The first-order chi connectivity index (χ1) is 17.1. The summed E-state index contributed by atoms with van der Waals surface area (Å²) in [6, 6.07) is 15.0. The van der Waals surface area contributed by atoms with Crippen LogP contribution in [-0.4, -0.2) is 63.1 Å². The number of hydrogen-bond donors (Lipinski definition) is 1. The standard InChI is InChI=1S/C25H26N6O4/c1-34-19-11-10-17(13-20(19)35-2)25(33)30-12-6-9-18(15-30)22-26-23-21(24(32)27-22)28-29-31(23)14-16-7-4-3-5-8-16/h3-5,7-8,10-11,13,18H,6,9,12,14-15H2,1-2H3,(H,26,27,32)/t18-/m0/s1. The molecule has 1 aliphatic heterocycles. The van der Waals surface area contributed by atoms with Crippen LogP contribution in [-0.2, 0) is 6.54 Å². The molecule has 180 valence electrons. The number of aromatic nitrogens is 5. The fourth-order valence-electron chi connectivity index (χ4n) is 4.48. The number of nitrogens with zero attached hydrogens (tertiary/aromatic N) is 5. The SMILES string of the molecule is COc1ccc(C(=O)N2CCC[C@H](c3nc4c(nnn4Cc4ccccc4)c(=O)[nH]3)C2)cc1OC. The Morgan fingerprint density at radius 3 is 2.69 bits per heavy atom. The van der Waals surface area contributed by atoms with Gasteiger partial charge in [-0.1, -0.05) is 35.5 Å². The molecule has 2 aromatic carbocycles. The van der Waals surface area contributed by atoms with Crippen molar-refractivity contribution in [3.8, 4) is 11.5 Å². The van der Waals surface area contributed by atoms with Gasteiger partial charge in [0, 0.05) is 24.6 Å². The van der Waals surface area contributed by atoms with E-state index in [1.165, 1.54) is 0 Å². The Kier molecular flexibility index (Phi) is 6.17. The van der Waals surface area contributed by atoms with Gasteiger partial charge in [0.05, 0.1) is 20.8 Å². The van der Waals surface area contributed by atoms with Crippen LogP contribution in [0.1, 0.15) is 40.5 Å². The number of likely N-dealkylation sites (tertiary alicyclic amines) is 1. The van der Waals surface area contributed by atoms with Gasteiger partial charge in [0.2, 0.25) is 0 Å². The highest BCUT2D eigenvalue weighted by molar-refractivity contribution is 5.95. The van der Waals surface area contributed by atoms with Crippen molar-refractivity contribution >= 4 is 17.1 Å². The first-order valence-electron chi connectivity index (χ1n) is 11.5. The Morgan fingerprint density at radius 2 is 1.91 bits per heavy atom. The number of benzene rings is 2. The summed E-state index contributed by atoms with van der Waals surface area (Å²) >= 11 is 0. The summed E-state index contributed by atoms with van der Waals surface area (Å²) in [5, 5.41) is 8.18. The molecule has 1 saturated heterocycles. The van der Waals surface area contributed by atoms with Crippen molar-refractivity contribution in [2.24, 2.45) is 0 Å². The van der Waals surface area contributed by atoms with Crippen LogP contribution in [0.2, 0.25) is 0 Å². The molecule has 0 bridgehead atoms. The predicted octanol–water partition coefficient (Wildman–Crippen LogP) is 2.60. The van der Waals surface area contributed by atoms with Crippen LogP contribution in [0.4, 0.5) is 0 Å². The van der Waals surface area contributed by atoms with E-state index in [9.17, 15) is 9.59 Å². The average molecular weight is 475 g/mol. The largest absolute Gasteiger partial charge is 0.493 e. The third-order valence-electron chi connectivity index (χ3n) is 6.29. The lowest BCUT2D eigenvalue weighted by Crippen LogP contribution is -2.40. The molecule has 1 amide bonds. The van der Waals surface area contributed by atoms with Gasteiger partial charge in [0.25, 0.3) is 11.5 Å². The van der Waals surface area contributed by atoms with Gasteiger partial charge < -0.3 is 19.4 Å². The predicted molar refractivity (Wildman–Crippen MR) is 129 cm³/mol. The average Bonchev–Trinajstić information content (AvgIpc) is 3.31. The van der Waals surface area contributed by atoms with Crippen molar-refractivity contribution in [2.75, 3.05) is 27.3 Å². The molecular formula is C25H26N6O4. The fourth-order valence-corrected chi connectivity index (χ4v) is 4.48. The molecule has 3 heterocycles. The normalized spacial score (nSPS) is 15.8. The van der Waals surface area contributed by atoms with E-state index in [1.807, 2.05) is 30.3 Å². The molecule has 1 fully saturated rings. The summed E-state index contributed by atoms with van der Waals surface area (Å²) in [5.74, 6) is 1.41. The molecule has 10 heteroatoms. The third kappa shape index (κ3) is 4.46. The topological polar surface area (TPSA) is 115 Å². The highest BCUT2D eigenvalue weighted by Gasteiger charge is 2.28. The quantitative estimate of drug-likeness (QED) is 0.457. The Morgan fingerprint density at radius 1 is 1.11 bits per heavy atom. The van der Waals surface area contributed by atoms with Crippen molar-refractivity contribution < 1.29 is 14.3 Å². The van der Waals surface area contributed by atoms with Crippen LogP contribution in [0.15, 0.2) is 53.3 Å². The molecule has 1 aliphatic rings. The van der Waals surface area contributed by atoms with Crippen LogP contribution < -0.4 is 15.0 Å². The number of aromatic amines is 1. The summed E-state index contributed by atoms with van der Waals surface area (Å²) in [5.41, 5.74) is 1.87. The van der Waals surface area contributed by atoms with E-state index < -0.39 is 0 Å². The lowest BCUT2D eigenvalue weighted by Gasteiger charge is -2.32. The number of amides is 1. The number of rotatable bonds is 6. The van der Waals surface area contributed by atoms with Gasteiger partial charge in [-0.3, -0.25) is 9.59 Å². The van der Waals surface area contributed by atoms with Crippen LogP contribution in [0.25, 0.3) is 11.2 Å². The number of piperidine rings is 1. The van der Waals surface area contributed by atoms with Crippen molar-refractivity contribution in [1.29, 1.82) is 0 Å². The first-order valence-corrected chi connectivity index (χ1v) is 11.5. The zero-order chi connectivity index (χ0) is 24.4. The summed E-state index contributed by atoms with van der Waals surface area (Å²) < 4.78 is 12.3. The minimum Gasteiger partial charge on any atom is -0.493 e. The zero-order valence-electron chi connectivity index (χ0n) is 19.6. The maximum Gasteiger partial charge on any atom is 0.281 e. The molecule has 2 aromatic heterocycles. The molecule has 35 heavy (non-hydrogen) atoms. The minimum absolute atomic E-state index is 0.102. The lowest BCUT2D eigenvalue weighted by atomic mass is 9.96. The highest BCUT2D eigenvalue weighted by atomic mass is 16.5. The Balaban J connectivity index is 1.40. The van der Waals surface area contributed by atoms with Crippen molar-refractivity contribution in [1.82, 2.24) is 29.9 Å². The first kappa shape index (κ1) is 22.6. The minimum atomic E-state index is -0.326. The van der Waals surface area contributed by atoms with Gasteiger partial charge in [-0.25, -0.2) is 9.67 Å². The second-order valence-corrected chi connectivity index (χ2v) is 8.52. The van der Waals surface area contributed by atoms with Gasteiger partial charge in [0.15, 0.2) is 22.7 Å². The number of ether oxygens (including phenoxy) is 2. The Labute approximate surface area is 201 Å². The number of H-pyrrole nitrogens is 1. The van der Waals surface area contributed by atoms with Gasteiger partial charge in [-0.2, -0.15) is 0 Å². The van der Waals surface area contributed by atoms with Crippen LogP contribution in [0, 0.1) is 0 Å². The van der Waals surface area contributed by atoms with E-state index in [0.29, 0.717) is 48.2 Å². The van der Waals surface area contributed by atoms with E-state index in [4.69, 9.17) is 14.5 Å². The number of hydrogen-bond acceptors (Lipinski definition) is 7. The van der Waals surface area contributed by atoms with E-state index in [0.717, 1.165) is 18.4 Å². The van der Waals surface area contributed by atoms with E-state index in [-0.39, 0.29) is 22.9 Å². The lowest BCUT2D eigenvalue weighted by molar-refractivity contribution is 0.0704. The van der Waals surface area contributed by atoms with Gasteiger partial charge in [-0.05, 0) is 36.6 Å². The summed E-state index contributed by atoms with van der Waals surface area (Å²) in [7, 11) is 3.10. The zero-order valence-corrected chi connectivity index (χ0v) is 19.6. The smallest absolute Gasteiger partial charge is 0.281 e. The number of carbonyl (C=O) groups is 1. The summed E-state index contributed by atoms with van der Waals surface area (Å²) in [6.07, 6.45) is 1.61. The second kappa shape index (κ2) is 9.57. The Hall–Kier alpha value is -4.21. The number of fused-ring (bicyclic) bond motifs is 1. The molecular weight excluding hydrogens is 448 g/mol. The van der Waals surface area contributed by atoms with Crippen LogP contribution >= 0.6 is 0 Å². The molecule has 0 aliphatic carbocycles. The second-order valence-electron chi connectivity index (χ2n) is 8.52. The maximum atomic E-state index is 13.3. The van der Waals surface area contributed by atoms with Gasteiger partial charge in [0.1, 0.15) is 5.82 Å². The highest BCUT2D eigenvalue weighted by Crippen LogP contribution is 2.30. The third-order valence-corrected chi connectivity index (χ3v) is 6.29. The summed E-state index contributed by atoms with van der Waals surface area (Å²) in [6.45, 7) is 1.54. The van der Waals surface area contributed by atoms with E-state index in [2.05, 4.69) is 15.3 Å². The molecule has 0 unspecified atom stereocenters. The molecule has 4 aromatic rings. The monoisotopic (exact) mass is 474 g/mol. The molecule has 0 radical (unpaired) electrons. The number of methoxy groups -OCH3 is 2. The van der Waals surface area contributed by atoms with Crippen molar-refractivity contribution in [3.05, 3.63) is 75.8 Å². The molecule has 1 atom stereocenters. The van der Waals surface area contributed by atoms with Gasteiger partial charge in [-0.15, -0.1) is 5.10 Å². The van der Waals surface area contributed by atoms with Crippen LogP contribution in [0.3, 0.4) is 0 Å². The fraction of sp³-hybridized carbons (Fsp3) is 0.320. The number of carbonyl (C=O) groups excluding carboxylic acids is 1. The molecule has 1 N–H and O–H groups in total. The van der Waals surface area contributed by atoms with Crippen molar-refractivity contribution in [2.45, 2.75) is 25.3 Å². The molecule has 5 rings (SSSR count). The Bertz CT molecular complexity index is 1410. The molecule has 0 spiro atoms. The van der Waals surface area contributed by atoms with E-state index >= 15 is 0 Å². The maximum absolute atomic E-state index is 13.3.